The van der Waals surface area contributed by atoms with Crippen LogP contribution in [0.3, 0.4) is 0 Å². The van der Waals surface area contributed by atoms with Crippen LogP contribution in [0.15, 0.2) is 0 Å². The Morgan fingerprint density at radius 3 is 0.817 bits per heavy atom. The predicted molar refractivity (Wildman–Crippen MR) is 256 cm³/mol. The van der Waals surface area contributed by atoms with Crippen molar-refractivity contribution in [2.24, 2.45) is 11.8 Å². The molecule has 0 aromatic carbocycles. The summed E-state index contributed by atoms with van der Waals surface area (Å²) in [6, 6.07) is 0. The van der Waals surface area contributed by atoms with E-state index >= 15 is 0 Å². The lowest BCUT2D eigenvalue weighted by molar-refractivity contribution is -0.167. The SMILES string of the molecule is CCCCCCCCCCCCCC(=O)OC[C@@H](COC(=O)CCCCCCCCCCCCCC(C)C)OC(=O)CCCCCCCCCCCCCCCCC(C)C. The first-order valence-electron chi connectivity index (χ1n) is 26.7. The van der Waals surface area contributed by atoms with Gasteiger partial charge in [-0.2, -0.15) is 0 Å². The number of carbonyl (C=O) groups is 3. The Labute approximate surface area is 374 Å². The molecule has 0 aromatic heterocycles. The van der Waals surface area contributed by atoms with Crippen molar-refractivity contribution in [1.29, 1.82) is 0 Å². The molecule has 0 bridgehead atoms. The molecule has 1 atom stereocenters. The third-order valence-corrected chi connectivity index (χ3v) is 12.2. The summed E-state index contributed by atoms with van der Waals surface area (Å²) in [7, 11) is 0. The molecule has 0 N–H and O–H groups in total. The van der Waals surface area contributed by atoms with Crippen LogP contribution in [0.5, 0.6) is 0 Å². The average Bonchev–Trinajstić information content (AvgIpc) is 3.22. The normalized spacial score (nSPS) is 12.1. The minimum absolute atomic E-state index is 0.0634. The van der Waals surface area contributed by atoms with Crippen LogP contribution in [-0.2, 0) is 28.6 Å². The van der Waals surface area contributed by atoms with E-state index in [1.54, 1.807) is 0 Å². The number of hydrogen-bond acceptors (Lipinski definition) is 6. The molecule has 356 valence electrons. The third kappa shape index (κ3) is 47.5. The number of carbonyl (C=O) groups excluding carboxylic acids is 3. The summed E-state index contributed by atoms with van der Waals surface area (Å²) in [5.74, 6) is 0.825. The molecule has 0 aliphatic rings. The van der Waals surface area contributed by atoms with Gasteiger partial charge in [0.15, 0.2) is 6.10 Å². The minimum atomic E-state index is -0.761. The van der Waals surface area contributed by atoms with E-state index in [4.69, 9.17) is 14.2 Å². The number of hydrogen-bond donors (Lipinski definition) is 0. The van der Waals surface area contributed by atoms with Crippen LogP contribution in [0.1, 0.15) is 298 Å². The second-order valence-corrected chi connectivity index (χ2v) is 19.5. The van der Waals surface area contributed by atoms with Gasteiger partial charge >= 0.3 is 17.9 Å². The largest absolute Gasteiger partial charge is 0.462 e. The molecule has 0 unspecified atom stereocenters. The molecular formula is C54H104O6. The topological polar surface area (TPSA) is 78.9 Å². The molecular weight excluding hydrogens is 745 g/mol. The summed E-state index contributed by atoms with van der Waals surface area (Å²) in [6.07, 6.45) is 48.0. The van der Waals surface area contributed by atoms with E-state index in [2.05, 4.69) is 34.6 Å². The quantitative estimate of drug-likeness (QED) is 0.0345. The van der Waals surface area contributed by atoms with Gasteiger partial charge in [0.2, 0.25) is 0 Å². The number of esters is 3. The van der Waals surface area contributed by atoms with Crippen LogP contribution in [-0.4, -0.2) is 37.2 Å². The van der Waals surface area contributed by atoms with E-state index in [0.29, 0.717) is 19.3 Å². The second-order valence-electron chi connectivity index (χ2n) is 19.5. The molecule has 0 saturated heterocycles. The van der Waals surface area contributed by atoms with Crippen LogP contribution >= 0.6 is 0 Å². The summed E-state index contributed by atoms with van der Waals surface area (Å²) < 4.78 is 16.8. The van der Waals surface area contributed by atoms with Gasteiger partial charge < -0.3 is 14.2 Å². The fraction of sp³-hybridized carbons (Fsp3) is 0.944. The molecule has 0 radical (unpaired) electrons. The molecule has 0 aliphatic carbocycles. The van der Waals surface area contributed by atoms with Crippen molar-refractivity contribution in [1.82, 2.24) is 0 Å². The summed E-state index contributed by atoms with van der Waals surface area (Å²) in [5, 5.41) is 0. The molecule has 0 rings (SSSR count). The first kappa shape index (κ1) is 58.4. The molecule has 6 heteroatoms. The summed E-state index contributed by atoms with van der Waals surface area (Å²) in [5.41, 5.74) is 0. The minimum Gasteiger partial charge on any atom is -0.462 e. The van der Waals surface area contributed by atoms with Crippen molar-refractivity contribution in [3.05, 3.63) is 0 Å². The van der Waals surface area contributed by atoms with Crippen LogP contribution < -0.4 is 0 Å². The maximum absolute atomic E-state index is 12.8. The highest BCUT2D eigenvalue weighted by Crippen LogP contribution is 2.18. The molecule has 60 heavy (non-hydrogen) atoms. The predicted octanol–water partition coefficient (Wildman–Crippen LogP) is 17.3. The van der Waals surface area contributed by atoms with E-state index in [0.717, 1.165) is 69.6 Å². The maximum Gasteiger partial charge on any atom is 0.306 e. The van der Waals surface area contributed by atoms with Crippen LogP contribution in [0.4, 0.5) is 0 Å². The molecule has 0 aliphatic heterocycles. The molecule has 0 saturated carbocycles. The van der Waals surface area contributed by atoms with Crippen LogP contribution in [0, 0.1) is 11.8 Å². The first-order valence-corrected chi connectivity index (χ1v) is 26.7. The van der Waals surface area contributed by atoms with Gasteiger partial charge in [-0.1, -0.05) is 259 Å². The van der Waals surface area contributed by atoms with Gasteiger partial charge in [-0.05, 0) is 31.1 Å². The lowest BCUT2D eigenvalue weighted by atomic mass is 10.0. The van der Waals surface area contributed by atoms with E-state index in [-0.39, 0.29) is 31.1 Å². The van der Waals surface area contributed by atoms with Crippen molar-refractivity contribution in [2.75, 3.05) is 13.2 Å². The van der Waals surface area contributed by atoms with Gasteiger partial charge in [0.1, 0.15) is 13.2 Å². The molecule has 6 nitrogen and oxygen atoms in total. The van der Waals surface area contributed by atoms with E-state index in [9.17, 15) is 14.4 Å². The fourth-order valence-electron chi connectivity index (χ4n) is 8.17. The molecule has 0 heterocycles. The number of rotatable bonds is 48. The summed E-state index contributed by atoms with van der Waals surface area (Å²) >= 11 is 0. The standard InChI is InChI=1S/C54H104O6/c1-6-7-8-9-10-11-17-24-29-34-39-44-52(55)58-47-51(48-59-53(56)45-40-35-30-25-21-16-19-23-28-33-38-43-50(4)5)60-54(57)46-41-36-31-26-20-15-13-12-14-18-22-27-32-37-42-49(2)3/h49-51H,6-48H2,1-5H3/t51-/m0/s1. The van der Waals surface area contributed by atoms with Gasteiger partial charge in [-0.15, -0.1) is 0 Å². The van der Waals surface area contributed by atoms with Crippen LogP contribution in [0.25, 0.3) is 0 Å². The highest BCUT2D eigenvalue weighted by Gasteiger charge is 2.19. The Morgan fingerprint density at radius 1 is 0.317 bits per heavy atom. The first-order chi connectivity index (χ1) is 29.2. The number of unbranched alkanes of at least 4 members (excludes halogenated alkanes) is 33. The highest BCUT2D eigenvalue weighted by molar-refractivity contribution is 5.71. The molecule has 0 fully saturated rings. The van der Waals surface area contributed by atoms with Gasteiger partial charge in [-0.3, -0.25) is 14.4 Å². The van der Waals surface area contributed by atoms with Gasteiger partial charge in [0.25, 0.3) is 0 Å². The van der Waals surface area contributed by atoms with Crippen molar-refractivity contribution < 1.29 is 28.6 Å². The molecule has 0 amide bonds. The van der Waals surface area contributed by atoms with E-state index in [1.165, 1.54) is 186 Å². The smallest absolute Gasteiger partial charge is 0.306 e. The lowest BCUT2D eigenvalue weighted by Crippen LogP contribution is -2.30. The lowest BCUT2D eigenvalue weighted by Gasteiger charge is -2.18. The number of ether oxygens (including phenoxy) is 3. The zero-order chi connectivity index (χ0) is 44.0. The Balaban J connectivity index is 4.29. The van der Waals surface area contributed by atoms with E-state index in [1.807, 2.05) is 0 Å². The van der Waals surface area contributed by atoms with Crippen LogP contribution in [0.2, 0.25) is 0 Å². The van der Waals surface area contributed by atoms with Gasteiger partial charge in [-0.25, -0.2) is 0 Å². The zero-order valence-electron chi connectivity index (χ0n) is 41.1. The Morgan fingerprint density at radius 2 is 0.550 bits per heavy atom. The molecule has 0 aromatic rings. The highest BCUT2D eigenvalue weighted by atomic mass is 16.6. The Bertz CT molecular complexity index is 916. The zero-order valence-corrected chi connectivity index (χ0v) is 41.1. The average molecular weight is 849 g/mol. The fourth-order valence-corrected chi connectivity index (χ4v) is 8.17. The summed E-state index contributed by atoms with van der Waals surface area (Å²) in [6.45, 7) is 11.4. The molecule has 0 spiro atoms. The van der Waals surface area contributed by atoms with Gasteiger partial charge in [0, 0.05) is 19.3 Å². The van der Waals surface area contributed by atoms with E-state index < -0.39 is 6.10 Å². The van der Waals surface area contributed by atoms with Crippen molar-refractivity contribution in [3.63, 3.8) is 0 Å². The van der Waals surface area contributed by atoms with Gasteiger partial charge in [0.05, 0.1) is 0 Å². The Hall–Kier alpha value is -1.59. The van der Waals surface area contributed by atoms with Crippen molar-refractivity contribution in [2.45, 2.75) is 304 Å². The van der Waals surface area contributed by atoms with Crippen molar-refractivity contribution in [3.8, 4) is 0 Å². The third-order valence-electron chi connectivity index (χ3n) is 12.2. The Kier molecular flexibility index (Phi) is 45.7. The van der Waals surface area contributed by atoms with Crippen molar-refractivity contribution >= 4 is 17.9 Å². The monoisotopic (exact) mass is 849 g/mol. The second kappa shape index (κ2) is 46.9. The summed E-state index contributed by atoms with van der Waals surface area (Å²) in [4.78, 5) is 38.0. The maximum atomic E-state index is 12.8.